The first-order valence-corrected chi connectivity index (χ1v) is 7.77. The SMILES string of the molecule is Cc1ccc(F)c(NC(=O)c2cc([N+](=O)[O-])nn2Cc2ccccc2)c1. The van der Waals surface area contributed by atoms with Crippen molar-refractivity contribution in [3.05, 3.63) is 87.3 Å². The van der Waals surface area contributed by atoms with Gasteiger partial charge in [-0.2, -0.15) is 4.68 Å². The summed E-state index contributed by atoms with van der Waals surface area (Å²) in [6.07, 6.45) is 0. The van der Waals surface area contributed by atoms with Crippen LogP contribution in [0, 0.1) is 22.9 Å². The summed E-state index contributed by atoms with van der Waals surface area (Å²) >= 11 is 0. The molecular formula is C18H15FN4O3. The Labute approximate surface area is 148 Å². The maximum absolute atomic E-state index is 13.9. The van der Waals surface area contributed by atoms with Crippen molar-refractivity contribution < 1.29 is 14.1 Å². The molecule has 2 aromatic carbocycles. The van der Waals surface area contributed by atoms with Crippen LogP contribution in [0.5, 0.6) is 0 Å². The summed E-state index contributed by atoms with van der Waals surface area (Å²) in [7, 11) is 0. The molecule has 8 heteroatoms. The third kappa shape index (κ3) is 3.75. The van der Waals surface area contributed by atoms with Crippen LogP contribution < -0.4 is 5.32 Å². The van der Waals surface area contributed by atoms with Crippen LogP contribution >= 0.6 is 0 Å². The molecule has 7 nitrogen and oxygen atoms in total. The van der Waals surface area contributed by atoms with Crippen molar-refractivity contribution in [1.29, 1.82) is 0 Å². The van der Waals surface area contributed by atoms with Crippen molar-refractivity contribution in [3.8, 4) is 0 Å². The normalized spacial score (nSPS) is 10.5. The molecule has 0 aliphatic carbocycles. The lowest BCUT2D eigenvalue weighted by Crippen LogP contribution is -2.19. The number of carbonyl (C=O) groups is 1. The molecule has 3 aromatic rings. The Balaban J connectivity index is 1.93. The summed E-state index contributed by atoms with van der Waals surface area (Å²) in [6.45, 7) is 1.94. The minimum absolute atomic E-state index is 0.00474. The van der Waals surface area contributed by atoms with Crippen LogP contribution in [0.25, 0.3) is 0 Å². The summed E-state index contributed by atoms with van der Waals surface area (Å²) in [4.78, 5) is 22.9. The smallest absolute Gasteiger partial charge is 0.358 e. The number of nitrogens with one attached hydrogen (secondary N) is 1. The van der Waals surface area contributed by atoms with Gasteiger partial charge in [-0.3, -0.25) is 4.79 Å². The third-order valence-corrected chi connectivity index (χ3v) is 3.73. The molecule has 0 spiro atoms. The average molecular weight is 354 g/mol. The highest BCUT2D eigenvalue weighted by Gasteiger charge is 2.24. The van der Waals surface area contributed by atoms with E-state index in [-0.39, 0.29) is 17.9 Å². The van der Waals surface area contributed by atoms with Gasteiger partial charge in [0.1, 0.15) is 5.82 Å². The lowest BCUT2D eigenvalue weighted by Gasteiger charge is -2.07. The summed E-state index contributed by atoms with van der Waals surface area (Å²) < 4.78 is 15.1. The van der Waals surface area contributed by atoms with Gasteiger partial charge in [0.15, 0.2) is 5.69 Å². The van der Waals surface area contributed by atoms with Crippen molar-refractivity contribution in [3.63, 3.8) is 0 Å². The average Bonchev–Trinajstić information content (AvgIpc) is 3.03. The molecular weight excluding hydrogens is 339 g/mol. The van der Waals surface area contributed by atoms with Crippen LogP contribution in [-0.2, 0) is 6.54 Å². The maximum atomic E-state index is 13.9. The van der Waals surface area contributed by atoms with E-state index in [4.69, 9.17) is 0 Å². The molecule has 0 radical (unpaired) electrons. The molecule has 0 fully saturated rings. The summed E-state index contributed by atoms with van der Waals surface area (Å²) in [6, 6.07) is 14.5. The van der Waals surface area contributed by atoms with E-state index in [1.165, 1.54) is 16.8 Å². The number of halogens is 1. The molecule has 0 atom stereocenters. The van der Waals surface area contributed by atoms with Crippen LogP contribution in [-0.4, -0.2) is 20.6 Å². The van der Waals surface area contributed by atoms with Gasteiger partial charge in [-0.15, -0.1) is 0 Å². The van der Waals surface area contributed by atoms with Crippen LogP contribution in [0.2, 0.25) is 0 Å². The van der Waals surface area contributed by atoms with Gasteiger partial charge in [0, 0.05) is 0 Å². The number of hydrogen-bond acceptors (Lipinski definition) is 4. The Kier molecular flexibility index (Phi) is 4.74. The summed E-state index contributed by atoms with van der Waals surface area (Å²) in [5.74, 6) is -1.71. The van der Waals surface area contributed by atoms with Crippen LogP contribution in [0.1, 0.15) is 21.6 Å². The molecule has 0 aliphatic heterocycles. The molecule has 0 saturated carbocycles. The topological polar surface area (TPSA) is 90.1 Å². The lowest BCUT2D eigenvalue weighted by molar-refractivity contribution is -0.389. The number of hydrogen-bond donors (Lipinski definition) is 1. The number of aryl methyl sites for hydroxylation is 1. The first-order valence-electron chi connectivity index (χ1n) is 7.77. The van der Waals surface area contributed by atoms with Gasteiger partial charge in [0.25, 0.3) is 5.91 Å². The highest BCUT2D eigenvalue weighted by Crippen LogP contribution is 2.19. The zero-order valence-electron chi connectivity index (χ0n) is 13.8. The van der Waals surface area contributed by atoms with Gasteiger partial charge in [0.2, 0.25) is 0 Å². The Morgan fingerprint density at radius 3 is 2.65 bits per heavy atom. The van der Waals surface area contributed by atoms with Gasteiger partial charge < -0.3 is 15.4 Å². The molecule has 0 bridgehead atoms. The standard InChI is InChI=1S/C18H15FN4O3/c1-12-7-8-14(19)15(9-12)20-18(24)16-10-17(23(25)26)21-22(16)11-13-5-3-2-4-6-13/h2-10H,11H2,1H3,(H,20,24). The fourth-order valence-electron chi connectivity index (χ4n) is 2.47. The van der Waals surface area contributed by atoms with E-state index in [9.17, 15) is 19.3 Å². The number of anilines is 1. The molecule has 3 rings (SSSR count). The Bertz CT molecular complexity index is 970. The molecule has 1 heterocycles. The predicted molar refractivity (Wildman–Crippen MR) is 93.5 cm³/mol. The molecule has 1 N–H and O–H groups in total. The fraction of sp³-hybridized carbons (Fsp3) is 0.111. The van der Waals surface area contributed by atoms with Gasteiger partial charge >= 0.3 is 5.82 Å². The first kappa shape index (κ1) is 17.3. The number of carbonyl (C=O) groups excluding carboxylic acids is 1. The predicted octanol–water partition coefficient (Wildman–Crippen LogP) is 3.54. The first-order chi connectivity index (χ1) is 12.4. The van der Waals surface area contributed by atoms with Crippen molar-refractivity contribution in [2.75, 3.05) is 5.32 Å². The number of benzene rings is 2. The van der Waals surface area contributed by atoms with E-state index in [1.807, 2.05) is 30.3 Å². The van der Waals surface area contributed by atoms with E-state index in [0.29, 0.717) is 0 Å². The molecule has 132 valence electrons. The van der Waals surface area contributed by atoms with E-state index in [1.54, 1.807) is 13.0 Å². The maximum Gasteiger partial charge on any atom is 0.390 e. The van der Waals surface area contributed by atoms with Crippen molar-refractivity contribution >= 4 is 17.4 Å². The summed E-state index contributed by atoms with van der Waals surface area (Å²) in [5, 5.41) is 17.4. The van der Waals surface area contributed by atoms with E-state index < -0.39 is 22.5 Å². The van der Waals surface area contributed by atoms with Crippen molar-refractivity contribution in [2.24, 2.45) is 0 Å². The second kappa shape index (κ2) is 7.14. The van der Waals surface area contributed by atoms with Crippen LogP contribution in [0.4, 0.5) is 15.9 Å². The van der Waals surface area contributed by atoms with E-state index >= 15 is 0 Å². The quantitative estimate of drug-likeness (QED) is 0.560. The zero-order valence-corrected chi connectivity index (χ0v) is 13.8. The zero-order chi connectivity index (χ0) is 18.7. The highest BCUT2D eigenvalue weighted by atomic mass is 19.1. The number of aromatic nitrogens is 2. The number of amides is 1. The lowest BCUT2D eigenvalue weighted by atomic mass is 10.2. The number of nitrogens with zero attached hydrogens (tertiary/aromatic N) is 3. The van der Waals surface area contributed by atoms with E-state index in [2.05, 4.69) is 10.4 Å². The van der Waals surface area contributed by atoms with E-state index in [0.717, 1.165) is 17.2 Å². The Morgan fingerprint density at radius 1 is 1.23 bits per heavy atom. The third-order valence-electron chi connectivity index (χ3n) is 3.73. The molecule has 26 heavy (non-hydrogen) atoms. The minimum Gasteiger partial charge on any atom is -0.358 e. The van der Waals surface area contributed by atoms with Gasteiger partial charge in [-0.25, -0.2) is 4.39 Å². The molecule has 0 unspecified atom stereocenters. The van der Waals surface area contributed by atoms with Crippen LogP contribution in [0.3, 0.4) is 0 Å². The molecule has 0 saturated heterocycles. The van der Waals surface area contributed by atoms with Gasteiger partial charge in [-0.1, -0.05) is 36.4 Å². The van der Waals surface area contributed by atoms with Gasteiger partial charge in [-0.05, 0) is 35.1 Å². The second-order valence-corrected chi connectivity index (χ2v) is 5.73. The summed E-state index contributed by atoms with van der Waals surface area (Å²) in [5.41, 5.74) is 1.57. The monoisotopic (exact) mass is 354 g/mol. The molecule has 1 aromatic heterocycles. The number of rotatable bonds is 5. The Hall–Kier alpha value is -3.55. The Morgan fingerprint density at radius 2 is 1.96 bits per heavy atom. The van der Waals surface area contributed by atoms with Crippen molar-refractivity contribution in [1.82, 2.24) is 9.78 Å². The highest BCUT2D eigenvalue weighted by molar-refractivity contribution is 6.03. The van der Waals surface area contributed by atoms with Gasteiger partial charge in [0.05, 0.1) is 23.4 Å². The van der Waals surface area contributed by atoms with Crippen LogP contribution in [0.15, 0.2) is 54.6 Å². The number of nitro groups is 1. The second-order valence-electron chi connectivity index (χ2n) is 5.73. The van der Waals surface area contributed by atoms with Crippen molar-refractivity contribution in [2.45, 2.75) is 13.5 Å². The minimum atomic E-state index is -0.675. The molecule has 1 amide bonds. The molecule has 0 aliphatic rings. The fourth-order valence-corrected chi connectivity index (χ4v) is 2.47. The largest absolute Gasteiger partial charge is 0.390 e.